The van der Waals surface area contributed by atoms with Crippen molar-refractivity contribution in [1.82, 2.24) is 10.6 Å². The predicted octanol–water partition coefficient (Wildman–Crippen LogP) is 3.40. The molecule has 1 amide bonds. The van der Waals surface area contributed by atoms with E-state index in [2.05, 4.69) is 29.7 Å². The van der Waals surface area contributed by atoms with Gasteiger partial charge in [0, 0.05) is 18.1 Å². The van der Waals surface area contributed by atoms with Crippen molar-refractivity contribution < 1.29 is 14.3 Å². The molecule has 23 heavy (non-hydrogen) atoms. The molecule has 128 valence electrons. The van der Waals surface area contributed by atoms with E-state index in [4.69, 9.17) is 9.47 Å². The Balaban J connectivity index is 1.71. The second-order valence-corrected chi connectivity index (χ2v) is 7.17. The standard InChI is InChI=1S/C18H28N2O3/c1-12(13-6-8-16(22-5)9-7-13)19-14-10-15(11-14)20-17(21)23-18(2,3)4/h6-9,12,14-15,19H,10-11H2,1-5H3,(H,20,21)/t12-,14?,15?/m0/s1. The maximum atomic E-state index is 11.7. The molecule has 0 heterocycles. The zero-order valence-corrected chi connectivity index (χ0v) is 14.7. The summed E-state index contributed by atoms with van der Waals surface area (Å²) in [5.74, 6) is 0.867. The molecule has 1 aliphatic carbocycles. The first kappa shape index (κ1) is 17.6. The van der Waals surface area contributed by atoms with E-state index < -0.39 is 5.60 Å². The highest BCUT2D eigenvalue weighted by atomic mass is 16.6. The summed E-state index contributed by atoms with van der Waals surface area (Å²) in [6.45, 7) is 7.76. The molecule has 5 heteroatoms. The van der Waals surface area contributed by atoms with Gasteiger partial charge in [0.25, 0.3) is 0 Å². The van der Waals surface area contributed by atoms with Crippen LogP contribution in [0.4, 0.5) is 4.79 Å². The van der Waals surface area contributed by atoms with Crippen LogP contribution < -0.4 is 15.4 Å². The van der Waals surface area contributed by atoms with Crippen molar-refractivity contribution in [3.8, 4) is 5.75 Å². The second-order valence-electron chi connectivity index (χ2n) is 7.17. The average Bonchev–Trinajstić information content (AvgIpc) is 2.43. The van der Waals surface area contributed by atoms with Crippen molar-refractivity contribution >= 4 is 6.09 Å². The Kier molecular flexibility index (Phi) is 5.52. The molecule has 0 spiro atoms. The van der Waals surface area contributed by atoms with E-state index in [9.17, 15) is 4.79 Å². The highest BCUT2D eigenvalue weighted by Gasteiger charge is 2.32. The monoisotopic (exact) mass is 320 g/mol. The fourth-order valence-corrected chi connectivity index (χ4v) is 2.69. The predicted molar refractivity (Wildman–Crippen MR) is 90.7 cm³/mol. The van der Waals surface area contributed by atoms with Crippen molar-refractivity contribution in [1.29, 1.82) is 0 Å². The van der Waals surface area contributed by atoms with Crippen molar-refractivity contribution in [3.63, 3.8) is 0 Å². The van der Waals surface area contributed by atoms with E-state index in [-0.39, 0.29) is 18.2 Å². The van der Waals surface area contributed by atoms with Crippen molar-refractivity contribution in [2.45, 2.75) is 64.3 Å². The number of alkyl carbamates (subject to hydrolysis) is 1. The summed E-state index contributed by atoms with van der Waals surface area (Å²) in [5, 5.41) is 6.50. The molecule has 0 unspecified atom stereocenters. The molecule has 0 aromatic heterocycles. The van der Waals surface area contributed by atoms with Crippen LogP contribution in [0.2, 0.25) is 0 Å². The Labute approximate surface area is 138 Å². The number of carbonyl (C=O) groups excluding carboxylic acids is 1. The molecule has 0 radical (unpaired) electrons. The minimum atomic E-state index is -0.450. The number of nitrogens with one attached hydrogen (secondary N) is 2. The molecule has 1 aliphatic rings. The number of methoxy groups -OCH3 is 1. The third-order valence-corrected chi connectivity index (χ3v) is 3.96. The molecule has 0 saturated heterocycles. The number of hydrogen-bond donors (Lipinski definition) is 2. The van der Waals surface area contributed by atoms with Crippen LogP contribution in [-0.4, -0.2) is 30.9 Å². The van der Waals surface area contributed by atoms with Gasteiger partial charge in [0.15, 0.2) is 0 Å². The Hall–Kier alpha value is -1.75. The number of ether oxygens (including phenoxy) is 2. The molecule has 1 aromatic rings. The van der Waals surface area contributed by atoms with Crippen LogP contribution in [0.3, 0.4) is 0 Å². The fourth-order valence-electron chi connectivity index (χ4n) is 2.69. The lowest BCUT2D eigenvalue weighted by molar-refractivity contribution is 0.0463. The quantitative estimate of drug-likeness (QED) is 0.873. The van der Waals surface area contributed by atoms with Crippen LogP contribution in [0.25, 0.3) is 0 Å². The first-order valence-corrected chi connectivity index (χ1v) is 8.16. The summed E-state index contributed by atoms with van der Waals surface area (Å²) in [5.41, 5.74) is 0.781. The third-order valence-electron chi connectivity index (χ3n) is 3.96. The van der Waals surface area contributed by atoms with Crippen LogP contribution in [0.15, 0.2) is 24.3 Å². The molecular weight excluding hydrogens is 292 g/mol. The van der Waals surface area contributed by atoms with E-state index in [0.717, 1.165) is 18.6 Å². The highest BCUT2D eigenvalue weighted by Crippen LogP contribution is 2.25. The van der Waals surface area contributed by atoms with Crippen LogP contribution in [0, 0.1) is 0 Å². The molecule has 0 aliphatic heterocycles. The van der Waals surface area contributed by atoms with Gasteiger partial charge in [-0.1, -0.05) is 12.1 Å². The molecular formula is C18H28N2O3. The molecule has 1 atom stereocenters. The van der Waals surface area contributed by atoms with E-state index >= 15 is 0 Å². The molecule has 2 N–H and O–H groups in total. The van der Waals surface area contributed by atoms with Crippen LogP contribution >= 0.6 is 0 Å². The topological polar surface area (TPSA) is 59.6 Å². The second kappa shape index (κ2) is 7.21. The summed E-state index contributed by atoms with van der Waals surface area (Å²) >= 11 is 0. The minimum absolute atomic E-state index is 0.199. The first-order chi connectivity index (χ1) is 10.8. The zero-order chi connectivity index (χ0) is 17.0. The fraction of sp³-hybridized carbons (Fsp3) is 0.611. The van der Waals surface area contributed by atoms with E-state index in [1.807, 2.05) is 32.9 Å². The highest BCUT2D eigenvalue weighted by molar-refractivity contribution is 5.68. The molecule has 2 rings (SSSR count). The van der Waals surface area contributed by atoms with Gasteiger partial charge in [-0.15, -0.1) is 0 Å². The van der Waals surface area contributed by atoms with Crippen LogP contribution in [0.1, 0.15) is 52.1 Å². The smallest absolute Gasteiger partial charge is 0.407 e. The lowest BCUT2D eigenvalue weighted by Crippen LogP contribution is -2.53. The Morgan fingerprint density at radius 1 is 1.17 bits per heavy atom. The van der Waals surface area contributed by atoms with Gasteiger partial charge in [0.1, 0.15) is 11.4 Å². The van der Waals surface area contributed by atoms with Gasteiger partial charge >= 0.3 is 6.09 Å². The molecule has 1 aromatic carbocycles. The van der Waals surface area contributed by atoms with Crippen LogP contribution in [0.5, 0.6) is 5.75 Å². The molecule has 1 fully saturated rings. The Bertz CT molecular complexity index is 516. The summed E-state index contributed by atoms with van der Waals surface area (Å²) in [6.07, 6.45) is 1.53. The van der Waals surface area contributed by atoms with E-state index in [1.54, 1.807) is 7.11 Å². The maximum absolute atomic E-state index is 11.7. The number of amides is 1. The van der Waals surface area contributed by atoms with Gasteiger partial charge in [0.2, 0.25) is 0 Å². The number of hydrogen-bond acceptors (Lipinski definition) is 4. The van der Waals surface area contributed by atoms with E-state index in [0.29, 0.717) is 6.04 Å². The van der Waals surface area contributed by atoms with Gasteiger partial charge < -0.3 is 20.1 Å². The van der Waals surface area contributed by atoms with Gasteiger partial charge in [0.05, 0.1) is 7.11 Å². The van der Waals surface area contributed by atoms with Crippen molar-refractivity contribution in [2.75, 3.05) is 7.11 Å². The Morgan fingerprint density at radius 2 is 1.78 bits per heavy atom. The van der Waals surface area contributed by atoms with Crippen molar-refractivity contribution in [3.05, 3.63) is 29.8 Å². The largest absolute Gasteiger partial charge is 0.497 e. The summed E-state index contributed by atoms with van der Waals surface area (Å²) in [4.78, 5) is 11.7. The number of carbonyl (C=O) groups is 1. The van der Waals surface area contributed by atoms with Gasteiger partial charge in [-0.05, 0) is 58.2 Å². The maximum Gasteiger partial charge on any atom is 0.407 e. The van der Waals surface area contributed by atoms with Gasteiger partial charge in [-0.2, -0.15) is 0 Å². The lowest BCUT2D eigenvalue weighted by Gasteiger charge is -2.38. The molecule has 5 nitrogen and oxygen atoms in total. The number of rotatable bonds is 5. The lowest BCUT2D eigenvalue weighted by atomic mass is 9.86. The van der Waals surface area contributed by atoms with Crippen LogP contribution in [-0.2, 0) is 4.74 Å². The SMILES string of the molecule is COc1ccc([C@H](C)NC2CC(NC(=O)OC(C)(C)C)C2)cc1. The zero-order valence-electron chi connectivity index (χ0n) is 14.7. The minimum Gasteiger partial charge on any atom is -0.497 e. The van der Waals surface area contributed by atoms with Gasteiger partial charge in [-0.3, -0.25) is 0 Å². The molecule has 1 saturated carbocycles. The first-order valence-electron chi connectivity index (χ1n) is 8.16. The molecule has 0 bridgehead atoms. The van der Waals surface area contributed by atoms with Crippen molar-refractivity contribution in [2.24, 2.45) is 0 Å². The normalized spacial score (nSPS) is 22.0. The summed E-state index contributed by atoms with van der Waals surface area (Å²) in [7, 11) is 1.67. The van der Waals surface area contributed by atoms with Gasteiger partial charge in [-0.25, -0.2) is 4.79 Å². The summed E-state index contributed by atoms with van der Waals surface area (Å²) < 4.78 is 10.4. The third kappa shape index (κ3) is 5.43. The Morgan fingerprint density at radius 3 is 2.30 bits per heavy atom. The van der Waals surface area contributed by atoms with E-state index in [1.165, 1.54) is 5.56 Å². The summed E-state index contributed by atoms with van der Waals surface area (Å²) in [6, 6.07) is 8.99. The number of benzene rings is 1. The average molecular weight is 320 g/mol.